The second-order valence-electron chi connectivity index (χ2n) is 17.8. The van der Waals surface area contributed by atoms with E-state index in [4.69, 9.17) is 9.47 Å². The molecule has 0 saturated carbocycles. The molecule has 0 radical (unpaired) electrons. The highest BCUT2D eigenvalue weighted by Crippen LogP contribution is 2.52. The van der Waals surface area contributed by atoms with Crippen LogP contribution in [0.2, 0.25) is 0 Å². The minimum Gasteiger partial charge on any atom is -1.00 e. The number of benzene rings is 4. The van der Waals surface area contributed by atoms with Gasteiger partial charge in [-0.15, -0.1) is 0 Å². The number of anilines is 1. The van der Waals surface area contributed by atoms with Gasteiger partial charge < -0.3 is 31.4 Å². The molecule has 0 aromatic heterocycles. The van der Waals surface area contributed by atoms with E-state index in [1.165, 1.54) is 103 Å². The third-order valence-electron chi connectivity index (χ3n) is 13.1. The number of carbonyl (C=O) groups excluding carboxylic acids is 2. The van der Waals surface area contributed by atoms with E-state index in [2.05, 4.69) is 135 Å². The molecule has 1 atom stereocenters. The molecule has 0 spiro atoms. The molecule has 2 aliphatic rings. The summed E-state index contributed by atoms with van der Waals surface area (Å²) in [5.41, 5.74) is 6.90. The van der Waals surface area contributed by atoms with E-state index in [1.54, 1.807) is 0 Å². The van der Waals surface area contributed by atoms with E-state index in [-0.39, 0.29) is 39.8 Å². The number of methoxy groups -OCH3 is 2. The highest BCUT2D eigenvalue weighted by molar-refractivity contribution is 6.08. The molecule has 0 amide bonds. The number of rotatable bonds is 21. The molecule has 0 saturated heterocycles. The molecule has 0 aliphatic carbocycles. The lowest BCUT2D eigenvalue weighted by Crippen LogP contribution is -3.00. The summed E-state index contributed by atoms with van der Waals surface area (Å²) in [6.45, 7) is 12.6. The first-order valence-electron chi connectivity index (χ1n) is 22.6. The number of ether oxygens (including phenoxy) is 2. The van der Waals surface area contributed by atoms with Crippen molar-refractivity contribution in [1.82, 2.24) is 0 Å². The lowest BCUT2D eigenvalue weighted by molar-refractivity contribution is -0.438. The van der Waals surface area contributed by atoms with Gasteiger partial charge in [-0.25, -0.2) is 4.79 Å². The Labute approximate surface area is 370 Å². The maximum atomic E-state index is 13.9. The van der Waals surface area contributed by atoms with Gasteiger partial charge in [0.1, 0.15) is 12.6 Å². The van der Waals surface area contributed by atoms with Gasteiger partial charge in [-0.2, -0.15) is 4.58 Å². The van der Waals surface area contributed by atoms with Crippen molar-refractivity contribution in [3.63, 3.8) is 0 Å². The molecule has 2 heterocycles. The van der Waals surface area contributed by atoms with Crippen LogP contribution in [-0.2, 0) is 29.9 Å². The first-order chi connectivity index (χ1) is 28.6. The number of unbranched alkanes of at least 4 members (excludes halogenated alkanes) is 11. The van der Waals surface area contributed by atoms with Crippen LogP contribution in [0.3, 0.4) is 0 Å². The zero-order valence-corrected chi connectivity index (χ0v) is 39.0. The van der Waals surface area contributed by atoms with Crippen LogP contribution in [0, 0.1) is 0 Å². The summed E-state index contributed by atoms with van der Waals surface area (Å²) >= 11 is 0. The van der Waals surface area contributed by atoms with E-state index in [9.17, 15) is 9.59 Å². The number of nitrogens with zero attached hydrogens (tertiary/aromatic N) is 2. The predicted molar refractivity (Wildman–Crippen MR) is 246 cm³/mol. The Morgan fingerprint density at radius 3 is 1.92 bits per heavy atom. The molecule has 0 fully saturated rings. The first kappa shape index (κ1) is 46.8. The van der Waals surface area contributed by atoms with Crippen LogP contribution < -0.4 is 21.9 Å². The fourth-order valence-corrected chi connectivity index (χ4v) is 9.94. The van der Waals surface area contributed by atoms with Gasteiger partial charge in [0.2, 0.25) is 5.69 Å². The van der Waals surface area contributed by atoms with Gasteiger partial charge in [-0.1, -0.05) is 146 Å². The number of fused-ring (bicyclic) bond motifs is 6. The molecule has 322 valence electrons. The third-order valence-corrected chi connectivity index (χ3v) is 13.1. The van der Waals surface area contributed by atoms with Crippen LogP contribution >= 0.6 is 0 Å². The highest BCUT2D eigenvalue weighted by atomic mass is 79.9. The lowest BCUT2D eigenvalue weighted by Gasteiger charge is -2.32. The maximum Gasteiger partial charge on any atom is 0.328 e. The van der Waals surface area contributed by atoms with Crippen molar-refractivity contribution >= 4 is 50.6 Å². The van der Waals surface area contributed by atoms with Crippen LogP contribution in [-0.4, -0.2) is 49.0 Å². The van der Waals surface area contributed by atoms with Gasteiger partial charge in [-0.05, 0) is 78.4 Å². The van der Waals surface area contributed by atoms with Crippen LogP contribution in [0.25, 0.3) is 21.5 Å². The normalized spacial score (nSPS) is 16.4. The van der Waals surface area contributed by atoms with Crippen molar-refractivity contribution in [3.05, 3.63) is 108 Å². The molecule has 0 bridgehead atoms. The topological polar surface area (TPSA) is 58.8 Å². The van der Waals surface area contributed by atoms with E-state index in [1.807, 2.05) is 0 Å². The van der Waals surface area contributed by atoms with Gasteiger partial charge in [0.25, 0.3) is 0 Å². The third kappa shape index (κ3) is 10.1. The van der Waals surface area contributed by atoms with E-state index in [0.717, 1.165) is 62.9 Å². The smallest absolute Gasteiger partial charge is 0.328 e. The summed E-state index contributed by atoms with van der Waals surface area (Å²) in [6, 6.07) is 26.1. The van der Waals surface area contributed by atoms with Gasteiger partial charge in [0.15, 0.2) is 5.71 Å². The van der Waals surface area contributed by atoms with Crippen LogP contribution in [0.5, 0.6) is 0 Å². The number of carbonyl (C=O) groups is 2. The van der Waals surface area contributed by atoms with Crippen molar-refractivity contribution in [2.75, 3.05) is 25.7 Å². The predicted octanol–water partition coefficient (Wildman–Crippen LogP) is 10.2. The van der Waals surface area contributed by atoms with E-state index in [0.29, 0.717) is 6.42 Å². The minimum absolute atomic E-state index is 0. The molecule has 2 aliphatic heterocycles. The van der Waals surface area contributed by atoms with Gasteiger partial charge in [0, 0.05) is 47.3 Å². The van der Waals surface area contributed by atoms with Crippen molar-refractivity contribution in [2.45, 2.75) is 148 Å². The molecule has 7 heteroatoms. The standard InChI is InChI=1S/C53H69N2O4.BrH/c1-8-9-10-11-15-18-30-45(51(57)59-7)55-44-37-35-40-27-21-23-29-42(40)50(44)53(4,5)47(55)32-25-31-46-52(2,3)49-41-28-22-20-26-39(41)34-36-43(49)54(46)38-24-17-14-12-13-16-19-33-48(56)58-6;/h20-23,25-29,31-32,34-37,45H,8-19,24,30,33,38H2,1-7H3;1H/q+1;/p-1. The average molecular weight is 878 g/mol. The summed E-state index contributed by atoms with van der Waals surface area (Å²) < 4.78 is 12.9. The Morgan fingerprint density at radius 2 is 1.27 bits per heavy atom. The molecule has 6 rings (SSSR count). The first-order valence-corrected chi connectivity index (χ1v) is 22.6. The van der Waals surface area contributed by atoms with Crippen LogP contribution in [0.4, 0.5) is 11.4 Å². The maximum absolute atomic E-state index is 13.9. The number of esters is 2. The minimum atomic E-state index is -0.414. The molecular weight excluding hydrogens is 808 g/mol. The quantitative estimate of drug-likeness (QED) is 0.0474. The Kier molecular flexibility index (Phi) is 16.8. The SMILES string of the molecule is CCCCCCCCC(C(=O)OC)N1C(=CC=CC2=[N+](CCCCCCCCCC(=O)OC)c3ccc4ccccc4c3C2(C)C)C(C)(C)c2c1ccc1ccccc21.[Br-]. The zero-order valence-electron chi connectivity index (χ0n) is 37.5. The molecular formula is C53H69BrN2O4. The van der Waals surface area contributed by atoms with Crippen molar-refractivity contribution < 1.29 is 40.6 Å². The Morgan fingerprint density at radius 1 is 0.683 bits per heavy atom. The molecule has 60 heavy (non-hydrogen) atoms. The summed E-state index contributed by atoms with van der Waals surface area (Å²) in [7, 11) is 3.00. The fourth-order valence-electron chi connectivity index (χ4n) is 9.94. The number of hydrogen-bond acceptors (Lipinski definition) is 5. The van der Waals surface area contributed by atoms with Gasteiger partial charge in [-0.3, -0.25) is 4.79 Å². The molecule has 0 N–H and O–H groups in total. The molecule has 4 aromatic carbocycles. The number of halogens is 1. The second kappa shape index (κ2) is 21.5. The summed E-state index contributed by atoms with van der Waals surface area (Å²) in [5, 5.41) is 5.03. The van der Waals surface area contributed by atoms with E-state index >= 15 is 0 Å². The van der Waals surface area contributed by atoms with E-state index < -0.39 is 6.04 Å². The van der Waals surface area contributed by atoms with Crippen LogP contribution in [0.15, 0.2) is 96.7 Å². The Balaban J connectivity index is 0.00000683. The fraction of sp³-hybridized carbons (Fsp3) is 0.491. The highest BCUT2D eigenvalue weighted by Gasteiger charge is 2.47. The van der Waals surface area contributed by atoms with Crippen molar-refractivity contribution in [3.8, 4) is 0 Å². The number of allylic oxidation sites excluding steroid dienone is 4. The molecule has 1 unspecified atom stereocenters. The Hall–Kier alpha value is -4.23. The molecule has 6 nitrogen and oxygen atoms in total. The zero-order chi connectivity index (χ0) is 42.0. The molecule has 4 aromatic rings. The summed E-state index contributed by atoms with van der Waals surface area (Å²) in [4.78, 5) is 27.7. The van der Waals surface area contributed by atoms with Gasteiger partial charge in [0.05, 0.1) is 19.6 Å². The second-order valence-corrected chi connectivity index (χ2v) is 17.8. The van der Waals surface area contributed by atoms with Crippen molar-refractivity contribution in [2.24, 2.45) is 0 Å². The van der Waals surface area contributed by atoms with Crippen LogP contribution in [0.1, 0.15) is 142 Å². The summed E-state index contributed by atoms with van der Waals surface area (Å²) in [6.07, 6.45) is 22.9. The van der Waals surface area contributed by atoms with Crippen molar-refractivity contribution in [1.29, 1.82) is 0 Å². The summed E-state index contributed by atoms with van der Waals surface area (Å²) in [5.74, 6) is -0.285. The monoisotopic (exact) mass is 876 g/mol. The largest absolute Gasteiger partial charge is 1.00 e. The number of hydrogen-bond donors (Lipinski definition) is 0. The average Bonchev–Trinajstić information content (AvgIpc) is 3.60. The van der Waals surface area contributed by atoms with Gasteiger partial charge >= 0.3 is 11.9 Å². The Bertz CT molecular complexity index is 2200. The lowest BCUT2D eigenvalue weighted by atomic mass is 9.79.